The summed E-state index contributed by atoms with van der Waals surface area (Å²) < 4.78 is 18.8. The van der Waals surface area contributed by atoms with Gasteiger partial charge >= 0.3 is 0 Å². The van der Waals surface area contributed by atoms with Crippen molar-refractivity contribution >= 4 is 23.1 Å². The minimum absolute atomic E-state index is 0.225. The molecule has 6 heteroatoms. The fourth-order valence-electron chi connectivity index (χ4n) is 4.62. The SMILES string of the molecule is CCOc1ccc(C2=C(N3CCc4ccccc43)C(=O)N(CCc3ccc(F)cc3)C2=O)cc1. The molecule has 34 heavy (non-hydrogen) atoms. The van der Waals surface area contributed by atoms with Gasteiger partial charge in [0.15, 0.2) is 0 Å². The Morgan fingerprint density at radius 3 is 2.38 bits per heavy atom. The van der Waals surface area contributed by atoms with Crippen LogP contribution in [0.3, 0.4) is 0 Å². The number of carbonyl (C=O) groups is 2. The average Bonchev–Trinajstić information content (AvgIpc) is 3.38. The molecule has 2 heterocycles. The number of carbonyl (C=O) groups excluding carboxylic acids is 2. The molecule has 0 saturated carbocycles. The Hall–Kier alpha value is -3.93. The molecular formula is C28H25FN2O3. The van der Waals surface area contributed by atoms with E-state index in [1.807, 2.05) is 54.3 Å². The van der Waals surface area contributed by atoms with Crippen molar-refractivity contribution in [2.75, 3.05) is 24.6 Å². The number of halogens is 1. The Bertz CT molecular complexity index is 1270. The number of amides is 2. The van der Waals surface area contributed by atoms with E-state index in [4.69, 9.17) is 4.74 Å². The van der Waals surface area contributed by atoms with Crippen LogP contribution in [0.2, 0.25) is 0 Å². The number of hydrogen-bond donors (Lipinski definition) is 0. The van der Waals surface area contributed by atoms with Gasteiger partial charge < -0.3 is 9.64 Å². The minimum Gasteiger partial charge on any atom is -0.494 e. The molecule has 2 amide bonds. The standard InChI is InChI=1S/C28H25FN2O3/c1-2-34-23-13-9-21(10-14-23)25-26(30-18-16-20-5-3-4-6-24(20)30)28(33)31(27(25)32)17-15-19-7-11-22(29)12-8-19/h3-14H,2,15-18H2,1H3. The summed E-state index contributed by atoms with van der Waals surface area (Å²) in [4.78, 5) is 30.6. The van der Waals surface area contributed by atoms with Crippen LogP contribution in [0, 0.1) is 5.82 Å². The number of imide groups is 1. The van der Waals surface area contributed by atoms with Gasteiger partial charge in [0.2, 0.25) is 0 Å². The summed E-state index contributed by atoms with van der Waals surface area (Å²) in [5, 5.41) is 0. The van der Waals surface area contributed by atoms with Gasteiger partial charge in [0.1, 0.15) is 17.3 Å². The van der Waals surface area contributed by atoms with Crippen molar-refractivity contribution in [3.8, 4) is 5.75 Å². The Labute approximate surface area is 198 Å². The number of nitrogens with zero attached hydrogens (tertiary/aromatic N) is 2. The zero-order chi connectivity index (χ0) is 23.7. The largest absolute Gasteiger partial charge is 0.494 e. The zero-order valence-electron chi connectivity index (χ0n) is 19.0. The molecule has 0 spiro atoms. The third-order valence-electron chi connectivity index (χ3n) is 6.29. The first-order valence-electron chi connectivity index (χ1n) is 11.5. The van der Waals surface area contributed by atoms with Crippen LogP contribution in [-0.4, -0.2) is 36.4 Å². The van der Waals surface area contributed by atoms with Crippen molar-refractivity contribution in [1.29, 1.82) is 0 Å². The molecule has 2 aliphatic heterocycles. The predicted octanol–water partition coefficient (Wildman–Crippen LogP) is 4.61. The quantitative estimate of drug-likeness (QED) is 0.487. The maximum absolute atomic E-state index is 13.7. The van der Waals surface area contributed by atoms with Crippen LogP contribution in [0.4, 0.5) is 10.1 Å². The number of rotatable bonds is 7. The number of anilines is 1. The molecule has 0 aliphatic carbocycles. The van der Waals surface area contributed by atoms with E-state index in [1.54, 1.807) is 12.1 Å². The van der Waals surface area contributed by atoms with Crippen molar-refractivity contribution < 1.29 is 18.7 Å². The molecule has 0 aromatic heterocycles. The first kappa shape index (κ1) is 21.9. The van der Waals surface area contributed by atoms with Crippen LogP contribution in [0.15, 0.2) is 78.5 Å². The molecule has 3 aromatic carbocycles. The van der Waals surface area contributed by atoms with Crippen LogP contribution in [0.25, 0.3) is 5.57 Å². The van der Waals surface area contributed by atoms with E-state index in [-0.39, 0.29) is 24.2 Å². The van der Waals surface area contributed by atoms with Crippen molar-refractivity contribution in [3.63, 3.8) is 0 Å². The van der Waals surface area contributed by atoms with Gasteiger partial charge in [-0.05, 0) is 66.8 Å². The van der Waals surface area contributed by atoms with Gasteiger partial charge in [0, 0.05) is 18.8 Å². The van der Waals surface area contributed by atoms with Gasteiger partial charge in [0.25, 0.3) is 11.8 Å². The molecule has 0 unspecified atom stereocenters. The van der Waals surface area contributed by atoms with E-state index < -0.39 is 0 Å². The lowest BCUT2D eigenvalue weighted by Crippen LogP contribution is -2.36. The minimum atomic E-state index is -0.313. The highest BCUT2D eigenvalue weighted by molar-refractivity contribution is 6.36. The zero-order valence-corrected chi connectivity index (χ0v) is 19.0. The van der Waals surface area contributed by atoms with Gasteiger partial charge in [-0.2, -0.15) is 0 Å². The number of benzene rings is 3. The van der Waals surface area contributed by atoms with Gasteiger partial charge in [-0.1, -0.05) is 42.5 Å². The predicted molar refractivity (Wildman–Crippen MR) is 129 cm³/mol. The average molecular weight is 457 g/mol. The smallest absolute Gasteiger partial charge is 0.278 e. The lowest BCUT2D eigenvalue weighted by Gasteiger charge is -2.22. The van der Waals surface area contributed by atoms with Crippen molar-refractivity contribution in [2.45, 2.75) is 19.8 Å². The highest BCUT2D eigenvalue weighted by Crippen LogP contribution is 2.38. The molecular weight excluding hydrogens is 431 g/mol. The fraction of sp³-hybridized carbons (Fsp3) is 0.214. The number of para-hydroxylation sites is 1. The Morgan fingerprint density at radius 1 is 0.912 bits per heavy atom. The summed E-state index contributed by atoms with van der Waals surface area (Å²) in [6, 6.07) is 21.4. The van der Waals surface area contributed by atoms with Gasteiger partial charge in [-0.25, -0.2) is 4.39 Å². The molecule has 0 bridgehead atoms. The Kier molecular flexibility index (Phi) is 5.88. The van der Waals surface area contributed by atoms with E-state index in [0.29, 0.717) is 42.2 Å². The van der Waals surface area contributed by atoms with E-state index in [2.05, 4.69) is 6.07 Å². The van der Waals surface area contributed by atoms with Crippen molar-refractivity contribution in [3.05, 3.63) is 101 Å². The molecule has 2 aliphatic rings. The van der Waals surface area contributed by atoms with E-state index >= 15 is 0 Å². The highest BCUT2D eigenvalue weighted by Gasteiger charge is 2.43. The molecule has 0 fully saturated rings. The lowest BCUT2D eigenvalue weighted by atomic mass is 10.0. The highest BCUT2D eigenvalue weighted by atomic mass is 19.1. The molecule has 0 atom stereocenters. The topological polar surface area (TPSA) is 49.9 Å². The van der Waals surface area contributed by atoms with E-state index in [0.717, 1.165) is 23.2 Å². The van der Waals surface area contributed by atoms with Crippen LogP contribution in [-0.2, 0) is 22.4 Å². The second kappa shape index (κ2) is 9.14. The number of ether oxygens (including phenoxy) is 1. The third kappa shape index (κ3) is 3.96. The Morgan fingerprint density at radius 2 is 1.65 bits per heavy atom. The normalized spacial score (nSPS) is 15.4. The first-order valence-corrected chi connectivity index (χ1v) is 11.5. The lowest BCUT2D eigenvalue weighted by molar-refractivity contribution is -0.136. The summed E-state index contributed by atoms with van der Waals surface area (Å²) in [6.07, 6.45) is 1.27. The summed E-state index contributed by atoms with van der Waals surface area (Å²) in [5.74, 6) is -0.209. The van der Waals surface area contributed by atoms with Crippen molar-refractivity contribution in [1.82, 2.24) is 4.90 Å². The third-order valence-corrected chi connectivity index (χ3v) is 6.29. The molecule has 5 rings (SSSR count). The monoisotopic (exact) mass is 456 g/mol. The molecule has 0 N–H and O–H groups in total. The maximum Gasteiger partial charge on any atom is 0.278 e. The van der Waals surface area contributed by atoms with E-state index in [9.17, 15) is 14.0 Å². The second-order valence-electron chi connectivity index (χ2n) is 8.35. The Balaban J connectivity index is 1.51. The van der Waals surface area contributed by atoms with Crippen LogP contribution in [0.1, 0.15) is 23.6 Å². The summed E-state index contributed by atoms with van der Waals surface area (Å²) in [7, 11) is 0. The van der Waals surface area contributed by atoms with Gasteiger partial charge in [0.05, 0.1) is 12.2 Å². The van der Waals surface area contributed by atoms with Crippen LogP contribution in [0.5, 0.6) is 5.75 Å². The molecule has 5 nitrogen and oxygen atoms in total. The molecule has 172 valence electrons. The summed E-state index contributed by atoms with van der Waals surface area (Å²) in [5.41, 5.74) is 4.49. The molecule has 3 aromatic rings. The van der Waals surface area contributed by atoms with E-state index in [1.165, 1.54) is 17.0 Å². The second-order valence-corrected chi connectivity index (χ2v) is 8.35. The van der Waals surface area contributed by atoms with Gasteiger partial charge in [-0.15, -0.1) is 0 Å². The van der Waals surface area contributed by atoms with Gasteiger partial charge in [-0.3, -0.25) is 14.5 Å². The van der Waals surface area contributed by atoms with Crippen LogP contribution >= 0.6 is 0 Å². The molecule has 0 saturated heterocycles. The fourth-order valence-corrected chi connectivity index (χ4v) is 4.62. The number of fused-ring (bicyclic) bond motifs is 1. The van der Waals surface area contributed by atoms with Crippen molar-refractivity contribution in [2.24, 2.45) is 0 Å². The number of hydrogen-bond acceptors (Lipinski definition) is 4. The summed E-state index contributed by atoms with van der Waals surface area (Å²) in [6.45, 7) is 3.33. The maximum atomic E-state index is 13.7. The first-order chi connectivity index (χ1) is 16.6. The summed E-state index contributed by atoms with van der Waals surface area (Å²) >= 11 is 0. The van der Waals surface area contributed by atoms with Crippen LogP contribution < -0.4 is 9.64 Å². The molecule has 0 radical (unpaired) electrons.